The number of benzene rings is 1. The van der Waals surface area contributed by atoms with E-state index in [2.05, 4.69) is 57.7 Å². The highest BCUT2D eigenvalue weighted by molar-refractivity contribution is 5.74. The minimum absolute atomic E-state index is 0.0444. The molecule has 1 unspecified atom stereocenters. The van der Waals surface area contributed by atoms with Crippen LogP contribution in [0.25, 0.3) is 0 Å². The maximum Gasteiger partial charge on any atom is 0.314 e. The SMILES string of the molecule is CCC(C)NC(=O)NCCCN1CCN(Cc2ccccc2)CC1. The third kappa shape index (κ3) is 6.89. The Morgan fingerprint density at radius 2 is 1.79 bits per heavy atom. The van der Waals surface area contributed by atoms with Gasteiger partial charge in [-0.2, -0.15) is 0 Å². The molecule has 0 aliphatic carbocycles. The van der Waals surface area contributed by atoms with Gasteiger partial charge in [-0.1, -0.05) is 37.3 Å². The van der Waals surface area contributed by atoms with Crippen LogP contribution in [0, 0.1) is 0 Å². The molecule has 0 bridgehead atoms. The Bertz CT molecular complexity index is 472. The van der Waals surface area contributed by atoms with Crippen molar-refractivity contribution in [3.05, 3.63) is 35.9 Å². The van der Waals surface area contributed by atoms with Crippen molar-refractivity contribution in [2.45, 2.75) is 39.3 Å². The van der Waals surface area contributed by atoms with Gasteiger partial charge in [0.2, 0.25) is 0 Å². The highest BCUT2D eigenvalue weighted by Crippen LogP contribution is 2.08. The number of rotatable bonds is 8. The van der Waals surface area contributed by atoms with Crippen LogP contribution in [-0.4, -0.2) is 61.1 Å². The average molecular weight is 332 g/mol. The van der Waals surface area contributed by atoms with E-state index >= 15 is 0 Å². The number of nitrogens with one attached hydrogen (secondary N) is 2. The van der Waals surface area contributed by atoms with E-state index in [-0.39, 0.29) is 12.1 Å². The molecule has 2 amide bonds. The van der Waals surface area contributed by atoms with Crippen molar-refractivity contribution < 1.29 is 4.79 Å². The number of amides is 2. The number of piperazine rings is 1. The fraction of sp³-hybridized carbons (Fsp3) is 0.632. The molecule has 1 saturated heterocycles. The summed E-state index contributed by atoms with van der Waals surface area (Å²) in [6, 6.07) is 10.9. The first-order chi connectivity index (χ1) is 11.7. The highest BCUT2D eigenvalue weighted by atomic mass is 16.2. The smallest absolute Gasteiger partial charge is 0.314 e. The highest BCUT2D eigenvalue weighted by Gasteiger charge is 2.16. The van der Waals surface area contributed by atoms with E-state index in [0.717, 1.165) is 58.7 Å². The van der Waals surface area contributed by atoms with E-state index in [4.69, 9.17) is 0 Å². The van der Waals surface area contributed by atoms with Gasteiger partial charge < -0.3 is 15.5 Å². The first-order valence-electron chi connectivity index (χ1n) is 9.20. The van der Waals surface area contributed by atoms with Crippen molar-refractivity contribution in [1.82, 2.24) is 20.4 Å². The van der Waals surface area contributed by atoms with E-state index in [1.54, 1.807) is 0 Å². The van der Waals surface area contributed by atoms with Crippen molar-refractivity contribution in [3.8, 4) is 0 Å². The third-order valence-corrected chi connectivity index (χ3v) is 4.64. The number of carbonyl (C=O) groups excluding carboxylic acids is 1. The van der Waals surface area contributed by atoms with Gasteiger partial charge in [0, 0.05) is 45.3 Å². The van der Waals surface area contributed by atoms with Gasteiger partial charge in [0.15, 0.2) is 0 Å². The lowest BCUT2D eigenvalue weighted by Gasteiger charge is -2.34. The Kier molecular flexibility index (Phi) is 8.05. The van der Waals surface area contributed by atoms with Gasteiger partial charge in [0.25, 0.3) is 0 Å². The third-order valence-electron chi connectivity index (χ3n) is 4.64. The molecular weight excluding hydrogens is 300 g/mol. The van der Waals surface area contributed by atoms with Crippen LogP contribution in [0.15, 0.2) is 30.3 Å². The first-order valence-corrected chi connectivity index (χ1v) is 9.20. The van der Waals surface area contributed by atoms with E-state index in [1.807, 2.05) is 6.92 Å². The topological polar surface area (TPSA) is 47.6 Å². The Labute approximate surface area is 146 Å². The Morgan fingerprint density at radius 1 is 1.12 bits per heavy atom. The van der Waals surface area contributed by atoms with Gasteiger partial charge in [-0.3, -0.25) is 4.90 Å². The van der Waals surface area contributed by atoms with Crippen molar-refractivity contribution in [2.75, 3.05) is 39.3 Å². The fourth-order valence-electron chi connectivity index (χ4n) is 2.89. The predicted molar refractivity (Wildman–Crippen MR) is 99.1 cm³/mol. The zero-order valence-electron chi connectivity index (χ0n) is 15.1. The van der Waals surface area contributed by atoms with Crippen LogP contribution in [0.5, 0.6) is 0 Å². The van der Waals surface area contributed by atoms with Gasteiger partial charge >= 0.3 is 6.03 Å². The van der Waals surface area contributed by atoms with Gasteiger partial charge in [-0.05, 0) is 31.9 Å². The largest absolute Gasteiger partial charge is 0.338 e. The van der Waals surface area contributed by atoms with Gasteiger partial charge in [0.05, 0.1) is 0 Å². The van der Waals surface area contributed by atoms with Crippen LogP contribution in [0.2, 0.25) is 0 Å². The summed E-state index contributed by atoms with van der Waals surface area (Å²) >= 11 is 0. The van der Waals surface area contributed by atoms with Crippen molar-refractivity contribution in [2.24, 2.45) is 0 Å². The van der Waals surface area contributed by atoms with Crippen LogP contribution in [0.1, 0.15) is 32.3 Å². The van der Waals surface area contributed by atoms with E-state index < -0.39 is 0 Å². The standard InChI is InChI=1S/C19H32N4O/c1-3-17(2)21-19(24)20-10-7-11-22-12-14-23(15-13-22)16-18-8-5-4-6-9-18/h4-6,8-9,17H,3,7,10-16H2,1-2H3,(H2,20,21,24). The monoisotopic (exact) mass is 332 g/mol. The molecule has 1 aromatic rings. The number of hydrogen-bond donors (Lipinski definition) is 2. The fourth-order valence-corrected chi connectivity index (χ4v) is 2.89. The quantitative estimate of drug-likeness (QED) is 0.718. The summed E-state index contributed by atoms with van der Waals surface area (Å²) in [6.45, 7) is 11.4. The normalized spacial score (nSPS) is 17.4. The summed E-state index contributed by atoms with van der Waals surface area (Å²) in [4.78, 5) is 16.7. The molecule has 1 aliphatic rings. The minimum atomic E-state index is -0.0444. The van der Waals surface area contributed by atoms with Crippen LogP contribution in [0.3, 0.4) is 0 Å². The molecule has 2 N–H and O–H groups in total. The zero-order chi connectivity index (χ0) is 17.2. The lowest BCUT2D eigenvalue weighted by Crippen LogP contribution is -2.46. The van der Waals surface area contributed by atoms with Crippen molar-refractivity contribution in [1.29, 1.82) is 0 Å². The van der Waals surface area contributed by atoms with Crippen molar-refractivity contribution >= 4 is 6.03 Å². The molecular formula is C19H32N4O. The summed E-state index contributed by atoms with van der Waals surface area (Å²) in [6.07, 6.45) is 1.97. The lowest BCUT2D eigenvalue weighted by atomic mass is 10.2. The van der Waals surface area contributed by atoms with Gasteiger partial charge in [-0.15, -0.1) is 0 Å². The minimum Gasteiger partial charge on any atom is -0.338 e. The molecule has 1 aliphatic heterocycles. The number of hydrogen-bond acceptors (Lipinski definition) is 3. The molecule has 134 valence electrons. The molecule has 1 fully saturated rings. The maximum absolute atomic E-state index is 11.6. The van der Waals surface area contributed by atoms with E-state index in [0.29, 0.717) is 0 Å². The summed E-state index contributed by atoms with van der Waals surface area (Å²) < 4.78 is 0. The van der Waals surface area contributed by atoms with E-state index in [1.165, 1.54) is 5.56 Å². The molecule has 1 aromatic carbocycles. The molecule has 0 saturated carbocycles. The predicted octanol–water partition coefficient (Wildman–Crippen LogP) is 2.29. The summed E-state index contributed by atoms with van der Waals surface area (Å²) in [7, 11) is 0. The van der Waals surface area contributed by atoms with Crippen LogP contribution >= 0.6 is 0 Å². The molecule has 5 heteroatoms. The molecule has 1 heterocycles. The lowest BCUT2D eigenvalue weighted by molar-refractivity contribution is 0.126. The molecule has 2 rings (SSSR count). The Balaban J connectivity index is 1.54. The Hall–Kier alpha value is -1.59. The average Bonchev–Trinajstić information content (AvgIpc) is 2.61. The zero-order valence-corrected chi connectivity index (χ0v) is 15.1. The summed E-state index contributed by atoms with van der Waals surface area (Å²) in [5.41, 5.74) is 1.39. The maximum atomic E-state index is 11.6. The molecule has 0 radical (unpaired) electrons. The Morgan fingerprint density at radius 3 is 2.46 bits per heavy atom. The molecule has 24 heavy (non-hydrogen) atoms. The molecule has 5 nitrogen and oxygen atoms in total. The number of carbonyl (C=O) groups is 1. The molecule has 1 atom stereocenters. The van der Waals surface area contributed by atoms with Crippen LogP contribution in [0.4, 0.5) is 4.79 Å². The van der Waals surface area contributed by atoms with Gasteiger partial charge in [0.1, 0.15) is 0 Å². The van der Waals surface area contributed by atoms with Gasteiger partial charge in [-0.25, -0.2) is 4.79 Å². The number of urea groups is 1. The first kappa shape index (κ1) is 18.7. The summed E-state index contributed by atoms with van der Waals surface area (Å²) in [5, 5.41) is 5.87. The molecule has 0 spiro atoms. The van der Waals surface area contributed by atoms with Crippen LogP contribution in [-0.2, 0) is 6.54 Å². The number of nitrogens with zero attached hydrogens (tertiary/aromatic N) is 2. The summed E-state index contributed by atoms with van der Waals surface area (Å²) in [5.74, 6) is 0. The molecule has 0 aromatic heterocycles. The second-order valence-electron chi connectivity index (χ2n) is 6.67. The second-order valence-corrected chi connectivity index (χ2v) is 6.67. The van der Waals surface area contributed by atoms with Crippen molar-refractivity contribution in [3.63, 3.8) is 0 Å². The van der Waals surface area contributed by atoms with E-state index in [9.17, 15) is 4.79 Å². The second kappa shape index (κ2) is 10.3. The van der Waals surface area contributed by atoms with Crippen LogP contribution < -0.4 is 10.6 Å².